The van der Waals surface area contributed by atoms with Crippen LogP contribution in [0.1, 0.15) is 355 Å². The van der Waals surface area contributed by atoms with Crippen molar-refractivity contribution in [1.29, 1.82) is 0 Å². The van der Waals surface area contributed by atoms with Crippen molar-refractivity contribution in [1.82, 2.24) is 0 Å². The second-order valence-electron chi connectivity index (χ2n) is 23.0. The molecule has 0 aromatic heterocycles. The fourth-order valence-electron chi connectivity index (χ4n) is 10.1. The maximum atomic E-state index is 12.9. The Morgan fingerprint density at radius 2 is 0.494 bits per heavy atom. The quantitative estimate of drug-likeness (QED) is 0.0261. The Bertz CT molecular complexity index is 1450. The van der Waals surface area contributed by atoms with Gasteiger partial charge < -0.3 is 14.2 Å². The van der Waals surface area contributed by atoms with Gasteiger partial charge >= 0.3 is 17.9 Å². The summed E-state index contributed by atoms with van der Waals surface area (Å²) in [5.74, 6) is -0.881. The molecule has 0 aromatic carbocycles. The molecule has 6 heteroatoms. The SMILES string of the molecule is CC/C=C\C/C=C\C/C=C\CCCCCCCCCC(=O)OCC(COC(=O)CCCCCCCCCCCCCCCCCCCCCCCCCCCCC)OC(=O)CCCCCCCCC/C=C\C/C=C\C/C=C\CC. The van der Waals surface area contributed by atoms with Gasteiger partial charge in [-0.3, -0.25) is 14.4 Å². The molecule has 1 atom stereocenters. The van der Waals surface area contributed by atoms with Gasteiger partial charge in [0.25, 0.3) is 0 Å². The van der Waals surface area contributed by atoms with E-state index in [4.69, 9.17) is 14.2 Å². The highest BCUT2D eigenvalue weighted by Crippen LogP contribution is 2.18. The summed E-state index contributed by atoms with van der Waals surface area (Å²) in [4.78, 5) is 38.4. The molecule has 0 saturated carbocycles. The predicted molar refractivity (Wildman–Crippen MR) is 344 cm³/mol. The third-order valence-electron chi connectivity index (χ3n) is 15.2. The van der Waals surface area contributed by atoms with E-state index in [0.717, 1.165) is 109 Å². The largest absolute Gasteiger partial charge is 0.462 e. The summed E-state index contributed by atoms with van der Waals surface area (Å²) in [6.07, 6.45) is 87.9. The van der Waals surface area contributed by atoms with Gasteiger partial charge in [-0.15, -0.1) is 0 Å². The zero-order valence-corrected chi connectivity index (χ0v) is 52.6. The third-order valence-corrected chi connectivity index (χ3v) is 15.2. The molecule has 0 rings (SSSR count). The lowest BCUT2D eigenvalue weighted by Gasteiger charge is -2.18. The first-order valence-corrected chi connectivity index (χ1v) is 34.4. The summed E-state index contributed by atoms with van der Waals surface area (Å²) in [6, 6.07) is 0. The fraction of sp³-hybridized carbons (Fsp3) is 0.795. The first-order chi connectivity index (χ1) is 39.0. The second kappa shape index (κ2) is 67.4. The molecular formula is C73H130O6. The van der Waals surface area contributed by atoms with E-state index in [-0.39, 0.29) is 31.1 Å². The molecule has 0 aliphatic carbocycles. The molecule has 6 nitrogen and oxygen atoms in total. The van der Waals surface area contributed by atoms with Crippen molar-refractivity contribution in [2.45, 2.75) is 361 Å². The van der Waals surface area contributed by atoms with E-state index in [1.165, 1.54) is 205 Å². The van der Waals surface area contributed by atoms with Crippen LogP contribution in [0, 0.1) is 0 Å². The van der Waals surface area contributed by atoms with Crippen LogP contribution in [0.3, 0.4) is 0 Å². The van der Waals surface area contributed by atoms with Crippen molar-refractivity contribution in [3.8, 4) is 0 Å². The number of rotatable bonds is 63. The summed E-state index contributed by atoms with van der Waals surface area (Å²) in [6.45, 7) is 6.46. The number of carbonyl (C=O) groups is 3. The van der Waals surface area contributed by atoms with Crippen LogP contribution in [0.5, 0.6) is 0 Å². The van der Waals surface area contributed by atoms with Crippen molar-refractivity contribution in [2.75, 3.05) is 13.2 Å². The summed E-state index contributed by atoms with van der Waals surface area (Å²) in [5.41, 5.74) is 0. The minimum absolute atomic E-state index is 0.0797. The van der Waals surface area contributed by atoms with E-state index in [1.807, 2.05) is 0 Å². The van der Waals surface area contributed by atoms with Gasteiger partial charge in [-0.05, 0) is 83.5 Å². The topological polar surface area (TPSA) is 78.9 Å². The Balaban J connectivity index is 4.27. The molecule has 0 fully saturated rings. The molecule has 458 valence electrons. The highest BCUT2D eigenvalue weighted by Gasteiger charge is 2.19. The van der Waals surface area contributed by atoms with E-state index in [9.17, 15) is 14.4 Å². The van der Waals surface area contributed by atoms with Gasteiger partial charge in [-0.2, -0.15) is 0 Å². The molecule has 79 heavy (non-hydrogen) atoms. The minimum Gasteiger partial charge on any atom is -0.462 e. The zero-order chi connectivity index (χ0) is 57.1. The molecular weight excluding hydrogens is 973 g/mol. The van der Waals surface area contributed by atoms with Crippen LogP contribution in [-0.4, -0.2) is 37.2 Å². The van der Waals surface area contributed by atoms with Crippen LogP contribution in [-0.2, 0) is 28.6 Å². The van der Waals surface area contributed by atoms with Crippen LogP contribution in [0.2, 0.25) is 0 Å². The average Bonchev–Trinajstić information content (AvgIpc) is 3.45. The lowest BCUT2D eigenvalue weighted by Crippen LogP contribution is -2.30. The Morgan fingerprint density at radius 3 is 0.772 bits per heavy atom. The van der Waals surface area contributed by atoms with Gasteiger partial charge in [0, 0.05) is 19.3 Å². The Labute approximate surface area is 491 Å². The molecule has 0 aromatic rings. The number of esters is 3. The molecule has 0 N–H and O–H groups in total. The summed E-state index contributed by atoms with van der Waals surface area (Å²) < 4.78 is 17.0. The van der Waals surface area contributed by atoms with Crippen LogP contribution in [0.4, 0.5) is 0 Å². The smallest absolute Gasteiger partial charge is 0.306 e. The highest BCUT2D eigenvalue weighted by atomic mass is 16.6. The fourth-order valence-corrected chi connectivity index (χ4v) is 10.1. The first-order valence-electron chi connectivity index (χ1n) is 34.4. The van der Waals surface area contributed by atoms with Crippen LogP contribution < -0.4 is 0 Å². The molecule has 0 saturated heterocycles. The lowest BCUT2D eigenvalue weighted by atomic mass is 10.0. The van der Waals surface area contributed by atoms with E-state index < -0.39 is 6.10 Å². The maximum Gasteiger partial charge on any atom is 0.306 e. The second-order valence-corrected chi connectivity index (χ2v) is 23.0. The van der Waals surface area contributed by atoms with Gasteiger partial charge in [-0.1, -0.05) is 325 Å². The molecule has 0 heterocycles. The zero-order valence-electron chi connectivity index (χ0n) is 52.6. The van der Waals surface area contributed by atoms with Crippen LogP contribution in [0.25, 0.3) is 0 Å². The number of hydrogen-bond donors (Lipinski definition) is 0. The number of carbonyl (C=O) groups excluding carboxylic acids is 3. The van der Waals surface area contributed by atoms with Gasteiger partial charge in [0.05, 0.1) is 0 Å². The number of unbranched alkanes of at least 4 members (excludes halogenated alkanes) is 40. The standard InChI is InChI=1S/C73H130O6/c1-4-7-10-13-16-19-22-25-28-31-32-33-34-35-36-37-38-39-40-43-45-48-51-54-57-60-63-66-72(75)78-69-70(79-73(76)67-64-61-58-55-52-49-46-42-30-27-24-21-18-15-12-9-6-3)68-77-71(74)65-62-59-56-53-50-47-44-41-29-26-23-20-17-14-11-8-5-2/h8-9,11-12,17-18,20-21,26-27,29-30,70H,4-7,10,13-16,19,22-25,28,31-69H2,1-3H3/b11-8-,12-9-,20-17-,21-18-,29-26-,30-27-. The van der Waals surface area contributed by atoms with Crippen LogP contribution in [0.15, 0.2) is 72.9 Å². The highest BCUT2D eigenvalue weighted by molar-refractivity contribution is 5.71. The van der Waals surface area contributed by atoms with Gasteiger partial charge in [0.1, 0.15) is 13.2 Å². The van der Waals surface area contributed by atoms with Crippen LogP contribution >= 0.6 is 0 Å². The van der Waals surface area contributed by atoms with Gasteiger partial charge in [-0.25, -0.2) is 0 Å². The van der Waals surface area contributed by atoms with Crippen molar-refractivity contribution >= 4 is 17.9 Å². The number of hydrogen-bond acceptors (Lipinski definition) is 6. The van der Waals surface area contributed by atoms with E-state index in [1.54, 1.807) is 0 Å². The summed E-state index contributed by atoms with van der Waals surface area (Å²) in [7, 11) is 0. The average molecular weight is 1100 g/mol. The maximum absolute atomic E-state index is 12.9. The minimum atomic E-state index is -0.786. The van der Waals surface area contributed by atoms with Crippen molar-refractivity contribution < 1.29 is 28.6 Å². The summed E-state index contributed by atoms with van der Waals surface area (Å²) in [5, 5.41) is 0. The number of ether oxygens (including phenoxy) is 3. The molecule has 0 amide bonds. The van der Waals surface area contributed by atoms with Gasteiger partial charge in [0.15, 0.2) is 6.10 Å². The normalized spacial score (nSPS) is 12.5. The Hall–Kier alpha value is -3.15. The van der Waals surface area contributed by atoms with E-state index in [0.29, 0.717) is 19.3 Å². The van der Waals surface area contributed by atoms with E-state index >= 15 is 0 Å². The first kappa shape index (κ1) is 75.8. The molecule has 0 bridgehead atoms. The van der Waals surface area contributed by atoms with Gasteiger partial charge in [0.2, 0.25) is 0 Å². The molecule has 0 radical (unpaired) electrons. The Kier molecular flexibility index (Phi) is 64.7. The number of allylic oxidation sites excluding steroid dienone is 12. The monoisotopic (exact) mass is 1100 g/mol. The molecule has 1 unspecified atom stereocenters. The summed E-state index contributed by atoms with van der Waals surface area (Å²) >= 11 is 0. The van der Waals surface area contributed by atoms with Crippen molar-refractivity contribution in [3.63, 3.8) is 0 Å². The third kappa shape index (κ3) is 65.5. The van der Waals surface area contributed by atoms with Crippen molar-refractivity contribution in [2.24, 2.45) is 0 Å². The van der Waals surface area contributed by atoms with E-state index in [2.05, 4.69) is 93.7 Å². The predicted octanol–water partition coefficient (Wildman–Crippen LogP) is 23.7. The van der Waals surface area contributed by atoms with Crippen molar-refractivity contribution in [3.05, 3.63) is 72.9 Å². The molecule has 0 spiro atoms. The molecule has 0 aliphatic heterocycles. The Morgan fingerprint density at radius 1 is 0.266 bits per heavy atom. The molecule has 0 aliphatic rings. The lowest BCUT2D eigenvalue weighted by molar-refractivity contribution is -0.167.